The van der Waals surface area contributed by atoms with Gasteiger partial charge in [0.2, 0.25) is 5.91 Å². The molecule has 1 aliphatic heterocycles. The Morgan fingerprint density at radius 3 is 2.80 bits per heavy atom. The molecule has 0 saturated carbocycles. The number of nitrogens with one attached hydrogen (secondary N) is 1. The van der Waals surface area contributed by atoms with E-state index in [2.05, 4.69) is 5.32 Å². The summed E-state index contributed by atoms with van der Waals surface area (Å²) in [4.78, 5) is 11.9. The maximum Gasteiger partial charge on any atom is 0.242 e. The third-order valence-electron chi connectivity index (χ3n) is 3.70. The molecule has 2 rings (SSSR count). The number of carbonyl (C=O) groups is 1. The number of halogens is 2. The lowest BCUT2D eigenvalue weighted by atomic mass is 9.91. The highest BCUT2D eigenvalue weighted by molar-refractivity contribution is 6.42. The first kappa shape index (κ1) is 15.6. The van der Waals surface area contributed by atoms with E-state index in [4.69, 9.17) is 33.7 Å². The highest BCUT2D eigenvalue weighted by atomic mass is 35.5. The van der Waals surface area contributed by atoms with Crippen LogP contribution in [-0.4, -0.2) is 25.2 Å². The fraction of sp³-hybridized carbons (Fsp3) is 0.500. The van der Waals surface area contributed by atoms with Crippen molar-refractivity contribution in [3.05, 3.63) is 33.8 Å². The molecule has 1 aliphatic rings. The molecule has 0 radical (unpaired) electrons. The van der Waals surface area contributed by atoms with Gasteiger partial charge < -0.3 is 10.5 Å². The van der Waals surface area contributed by atoms with E-state index in [-0.39, 0.29) is 6.10 Å². The zero-order valence-electron chi connectivity index (χ0n) is 11.3. The molecule has 0 bridgehead atoms. The van der Waals surface area contributed by atoms with Crippen molar-refractivity contribution in [2.45, 2.75) is 31.4 Å². The number of amides is 1. The SMILES string of the molecule is CC(NCC1CCCO1)(C(N)=O)c1ccc(Cl)c(Cl)c1. The molecule has 0 spiro atoms. The van der Waals surface area contributed by atoms with Crippen LogP contribution < -0.4 is 11.1 Å². The van der Waals surface area contributed by atoms with E-state index in [1.54, 1.807) is 25.1 Å². The van der Waals surface area contributed by atoms with Gasteiger partial charge in [0, 0.05) is 13.2 Å². The van der Waals surface area contributed by atoms with E-state index in [0.29, 0.717) is 22.2 Å². The predicted molar refractivity (Wildman–Crippen MR) is 80.0 cm³/mol. The van der Waals surface area contributed by atoms with Crippen molar-refractivity contribution in [2.75, 3.05) is 13.2 Å². The average molecular weight is 317 g/mol. The van der Waals surface area contributed by atoms with Gasteiger partial charge in [-0.1, -0.05) is 29.3 Å². The quantitative estimate of drug-likeness (QED) is 0.877. The molecule has 3 N–H and O–H groups in total. The molecule has 110 valence electrons. The molecule has 1 aromatic carbocycles. The van der Waals surface area contributed by atoms with Crippen molar-refractivity contribution < 1.29 is 9.53 Å². The smallest absolute Gasteiger partial charge is 0.242 e. The first-order chi connectivity index (χ1) is 9.43. The number of ether oxygens (including phenoxy) is 1. The number of hydrogen-bond donors (Lipinski definition) is 2. The normalized spacial score (nSPS) is 21.6. The van der Waals surface area contributed by atoms with Crippen LogP contribution in [0, 0.1) is 0 Å². The second-order valence-corrected chi connectivity index (χ2v) is 5.95. The van der Waals surface area contributed by atoms with Crippen LogP contribution in [0.2, 0.25) is 10.0 Å². The molecule has 1 heterocycles. The van der Waals surface area contributed by atoms with Crippen molar-refractivity contribution in [1.82, 2.24) is 5.32 Å². The Balaban J connectivity index is 2.18. The number of benzene rings is 1. The Labute approximate surface area is 128 Å². The summed E-state index contributed by atoms with van der Waals surface area (Å²) >= 11 is 11.9. The number of primary amides is 1. The zero-order valence-corrected chi connectivity index (χ0v) is 12.8. The Morgan fingerprint density at radius 2 is 2.25 bits per heavy atom. The van der Waals surface area contributed by atoms with Crippen molar-refractivity contribution in [3.8, 4) is 0 Å². The minimum absolute atomic E-state index is 0.122. The molecular weight excluding hydrogens is 299 g/mol. The molecule has 1 saturated heterocycles. The molecule has 1 amide bonds. The molecule has 6 heteroatoms. The molecule has 4 nitrogen and oxygen atoms in total. The van der Waals surface area contributed by atoms with Gasteiger partial charge in [-0.25, -0.2) is 0 Å². The molecule has 0 aromatic heterocycles. The minimum atomic E-state index is -1.000. The third-order valence-corrected chi connectivity index (χ3v) is 4.44. The van der Waals surface area contributed by atoms with Crippen molar-refractivity contribution in [2.24, 2.45) is 5.73 Å². The lowest BCUT2D eigenvalue weighted by Gasteiger charge is -2.29. The minimum Gasteiger partial charge on any atom is -0.377 e. The Morgan fingerprint density at radius 1 is 1.50 bits per heavy atom. The van der Waals surface area contributed by atoms with Crippen molar-refractivity contribution in [1.29, 1.82) is 0 Å². The standard InChI is InChI=1S/C14H18Cl2N2O2/c1-14(13(17)19,18-8-10-3-2-6-20-10)9-4-5-11(15)12(16)7-9/h4-5,7,10,18H,2-3,6,8H2,1H3,(H2,17,19). The summed E-state index contributed by atoms with van der Waals surface area (Å²) in [6.45, 7) is 3.08. The van der Waals surface area contributed by atoms with Gasteiger partial charge in [-0.3, -0.25) is 10.1 Å². The van der Waals surface area contributed by atoms with Crippen molar-refractivity contribution in [3.63, 3.8) is 0 Å². The maximum atomic E-state index is 11.9. The average Bonchev–Trinajstić information content (AvgIpc) is 2.92. The Hall–Kier alpha value is -0.810. The summed E-state index contributed by atoms with van der Waals surface area (Å²) in [5, 5.41) is 4.04. The van der Waals surface area contributed by atoms with Crippen molar-refractivity contribution >= 4 is 29.1 Å². The van der Waals surface area contributed by atoms with Gasteiger partial charge in [0.25, 0.3) is 0 Å². The van der Waals surface area contributed by atoms with Crippen LogP contribution >= 0.6 is 23.2 Å². The van der Waals surface area contributed by atoms with E-state index in [0.717, 1.165) is 19.4 Å². The molecule has 1 fully saturated rings. The van der Waals surface area contributed by atoms with Crippen LogP contribution in [-0.2, 0) is 15.1 Å². The van der Waals surface area contributed by atoms with E-state index in [1.807, 2.05) is 0 Å². The van der Waals surface area contributed by atoms with Crippen LogP contribution in [0.15, 0.2) is 18.2 Å². The summed E-state index contributed by atoms with van der Waals surface area (Å²) in [6, 6.07) is 5.08. The monoisotopic (exact) mass is 316 g/mol. The second kappa shape index (κ2) is 6.31. The molecule has 0 aliphatic carbocycles. The van der Waals surface area contributed by atoms with Gasteiger partial charge in [-0.15, -0.1) is 0 Å². The Kier molecular flexibility index (Phi) is 4.91. The van der Waals surface area contributed by atoms with Gasteiger partial charge in [0.05, 0.1) is 16.1 Å². The number of rotatable bonds is 5. The summed E-state index contributed by atoms with van der Waals surface area (Å²) in [5.41, 5.74) is 5.25. The van der Waals surface area contributed by atoms with Crippen LogP contribution in [0.4, 0.5) is 0 Å². The number of hydrogen-bond acceptors (Lipinski definition) is 3. The lowest BCUT2D eigenvalue weighted by molar-refractivity contribution is -0.124. The lowest BCUT2D eigenvalue weighted by Crippen LogP contribution is -2.52. The van der Waals surface area contributed by atoms with Gasteiger partial charge in [0.15, 0.2) is 0 Å². The van der Waals surface area contributed by atoms with Crippen LogP contribution in [0.1, 0.15) is 25.3 Å². The summed E-state index contributed by atoms with van der Waals surface area (Å²) < 4.78 is 5.55. The summed E-state index contributed by atoms with van der Waals surface area (Å²) in [5.74, 6) is -0.464. The fourth-order valence-corrected chi connectivity index (χ4v) is 2.56. The molecule has 1 aromatic rings. The largest absolute Gasteiger partial charge is 0.377 e. The van der Waals surface area contributed by atoms with Gasteiger partial charge in [0.1, 0.15) is 5.54 Å². The maximum absolute atomic E-state index is 11.9. The van der Waals surface area contributed by atoms with Crippen LogP contribution in [0.5, 0.6) is 0 Å². The molecular formula is C14H18Cl2N2O2. The van der Waals surface area contributed by atoms with Gasteiger partial charge in [-0.05, 0) is 37.5 Å². The fourth-order valence-electron chi connectivity index (χ4n) is 2.26. The van der Waals surface area contributed by atoms with E-state index < -0.39 is 11.4 Å². The van der Waals surface area contributed by atoms with Gasteiger partial charge in [-0.2, -0.15) is 0 Å². The first-order valence-corrected chi connectivity index (χ1v) is 7.31. The Bertz CT molecular complexity index is 504. The highest BCUT2D eigenvalue weighted by Gasteiger charge is 2.34. The highest BCUT2D eigenvalue weighted by Crippen LogP contribution is 2.29. The zero-order chi connectivity index (χ0) is 14.8. The predicted octanol–water partition coefficient (Wildman–Crippen LogP) is 2.46. The number of nitrogens with two attached hydrogens (primary N) is 1. The van der Waals surface area contributed by atoms with E-state index in [1.165, 1.54) is 0 Å². The second-order valence-electron chi connectivity index (χ2n) is 5.13. The number of carbonyl (C=O) groups excluding carboxylic acids is 1. The van der Waals surface area contributed by atoms with Crippen LogP contribution in [0.3, 0.4) is 0 Å². The molecule has 20 heavy (non-hydrogen) atoms. The molecule has 2 atom stereocenters. The topological polar surface area (TPSA) is 64.3 Å². The third kappa shape index (κ3) is 3.26. The summed E-state index contributed by atoms with van der Waals surface area (Å²) in [7, 11) is 0. The van der Waals surface area contributed by atoms with E-state index in [9.17, 15) is 4.79 Å². The summed E-state index contributed by atoms with van der Waals surface area (Å²) in [6.07, 6.45) is 2.16. The molecule has 2 unspecified atom stereocenters. The van der Waals surface area contributed by atoms with E-state index >= 15 is 0 Å². The van der Waals surface area contributed by atoms with Gasteiger partial charge >= 0.3 is 0 Å². The first-order valence-electron chi connectivity index (χ1n) is 6.55. The van der Waals surface area contributed by atoms with Crippen LogP contribution in [0.25, 0.3) is 0 Å².